The first-order valence-electron chi connectivity index (χ1n) is 5.57. The Morgan fingerprint density at radius 1 is 1.05 bits per heavy atom. The molecule has 0 aliphatic heterocycles. The average molecular weight is 463 g/mol. The molecule has 0 aliphatic carbocycles. The zero-order chi connectivity index (χ0) is 14.7. The highest BCUT2D eigenvalue weighted by atomic mass is 79.9. The van der Waals surface area contributed by atoms with Gasteiger partial charge in [0.15, 0.2) is 0 Å². The van der Waals surface area contributed by atoms with Crippen LogP contribution in [-0.4, -0.2) is 0 Å². The van der Waals surface area contributed by atoms with Gasteiger partial charge in [0.25, 0.3) is 0 Å². The molecule has 2 aromatic rings. The number of nitrogens with zero attached hydrogens (tertiary/aromatic N) is 1. The van der Waals surface area contributed by atoms with E-state index in [1.165, 1.54) is 12.1 Å². The van der Waals surface area contributed by atoms with E-state index in [4.69, 9.17) is 5.26 Å². The highest BCUT2D eigenvalue weighted by Gasteiger charge is 2.07. The van der Waals surface area contributed by atoms with Crippen molar-refractivity contribution in [1.29, 1.82) is 5.26 Å². The van der Waals surface area contributed by atoms with Crippen molar-refractivity contribution in [3.63, 3.8) is 0 Å². The minimum atomic E-state index is -0.408. The molecule has 0 amide bonds. The predicted octanol–water partition coefficient (Wildman–Crippen LogP) is 5.60. The molecule has 0 saturated carbocycles. The van der Waals surface area contributed by atoms with Crippen LogP contribution in [0.2, 0.25) is 0 Å². The van der Waals surface area contributed by atoms with Crippen LogP contribution < -0.4 is 5.32 Å². The molecule has 0 saturated heterocycles. The van der Waals surface area contributed by atoms with Crippen molar-refractivity contribution in [1.82, 2.24) is 0 Å². The summed E-state index contributed by atoms with van der Waals surface area (Å²) in [5.74, 6) is -0.408. The first-order valence-corrected chi connectivity index (χ1v) is 7.95. The number of nitrogens with one attached hydrogen (secondary N) is 1. The number of nitriles is 1. The van der Waals surface area contributed by atoms with E-state index >= 15 is 0 Å². The quantitative estimate of drug-likeness (QED) is 0.644. The van der Waals surface area contributed by atoms with Crippen LogP contribution in [0.15, 0.2) is 43.7 Å². The van der Waals surface area contributed by atoms with Gasteiger partial charge < -0.3 is 5.32 Å². The minimum Gasteiger partial charge on any atom is -0.379 e. The Labute approximate surface area is 141 Å². The number of rotatable bonds is 3. The second-order valence-corrected chi connectivity index (χ2v) is 6.68. The minimum absolute atomic E-state index is 0.315. The number of benzene rings is 2. The summed E-state index contributed by atoms with van der Waals surface area (Å²) >= 11 is 10.3. The zero-order valence-corrected chi connectivity index (χ0v) is 14.8. The number of halogens is 4. The lowest BCUT2D eigenvalue weighted by Gasteiger charge is -2.12. The van der Waals surface area contributed by atoms with E-state index in [0.29, 0.717) is 17.7 Å². The molecule has 0 atom stereocenters. The molecular weight excluding hydrogens is 455 g/mol. The topological polar surface area (TPSA) is 35.8 Å². The van der Waals surface area contributed by atoms with Crippen LogP contribution >= 0.6 is 47.8 Å². The van der Waals surface area contributed by atoms with E-state index in [2.05, 4.69) is 53.1 Å². The molecular formula is C14H8Br3FN2. The highest BCUT2D eigenvalue weighted by Crippen LogP contribution is 2.34. The van der Waals surface area contributed by atoms with Crippen molar-refractivity contribution in [3.05, 3.63) is 60.7 Å². The molecule has 0 unspecified atom stereocenters. The third-order valence-corrected chi connectivity index (χ3v) is 4.27. The van der Waals surface area contributed by atoms with Gasteiger partial charge in [0.05, 0.1) is 17.3 Å². The Bertz CT molecular complexity index is 672. The predicted molar refractivity (Wildman–Crippen MR) is 88.0 cm³/mol. The Morgan fingerprint density at radius 3 is 2.30 bits per heavy atom. The molecule has 0 heterocycles. The van der Waals surface area contributed by atoms with Crippen molar-refractivity contribution in [2.45, 2.75) is 6.54 Å². The summed E-state index contributed by atoms with van der Waals surface area (Å²) in [5, 5.41) is 12.0. The summed E-state index contributed by atoms with van der Waals surface area (Å²) in [6.45, 7) is 0.422. The van der Waals surface area contributed by atoms with Gasteiger partial charge in [0, 0.05) is 20.0 Å². The van der Waals surface area contributed by atoms with E-state index in [1.54, 1.807) is 6.07 Å². The van der Waals surface area contributed by atoms with E-state index in [-0.39, 0.29) is 0 Å². The van der Waals surface area contributed by atoms with Crippen LogP contribution in [0.5, 0.6) is 0 Å². The van der Waals surface area contributed by atoms with Crippen LogP contribution in [0.25, 0.3) is 0 Å². The summed E-state index contributed by atoms with van der Waals surface area (Å²) in [5.41, 5.74) is 1.90. The summed E-state index contributed by atoms with van der Waals surface area (Å²) in [6.07, 6.45) is 0. The fourth-order valence-electron chi connectivity index (χ4n) is 1.72. The first-order chi connectivity index (χ1) is 9.49. The van der Waals surface area contributed by atoms with Gasteiger partial charge in [-0.2, -0.15) is 5.26 Å². The molecule has 0 fully saturated rings. The molecule has 6 heteroatoms. The Morgan fingerprint density at radius 2 is 1.70 bits per heavy atom. The number of hydrogen-bond acceptors (Lipinski definition) is 2. The van der Waals surface area contributed by atoms with Gasteiger partial charge in [-0.25, -0.2) is 4.39 Å². The van der Waals surface area contributed by atoms with Gasteiger partial charge in [-0.05, 0) is 67.8 Å². The first kappa shape index (κ1) is 15.5. The zero-order valence-electron chi connectivity index (χ0n) is 10.1. The van der Waals surface area contributed by atoms with Crippen molar-refractivity contribution in [2.75, 3.05) is 5.32 Å². The molecule has 2 nitrogen and oxygen atoms in total. The molecule has 102 valence electrons. The molecule has 2 aromatic carbocycles. The Hall–Kier alpha value is -0.900. The molecule has 2 rings (SSSR count). The second-order valence-electron chi connectivity index (χ2n) is 4.06. The maximum Gasteiger partial charge on any atom is 0.124 e. The Kier molecular flexibility index (Phi) is 5.19. The standard InChI is InChI=1S/C14H8Br3FN2/c15-10-4-12(16)14(13(17)5-10)20-7-9-1-8(6-19)2-11(18)3-9/h1-5,20H,7H2. The van der Waals surface area contributed by atoms with Crippen molar-refractivity contribution < 1.29 is 4.39 Å². The smallest absolute Gasteiger partial charge is 0.124 e. The SMILES string of the molecule is N#Cc1cc(F)cc(CNc2c(Br)cc(Br)cc2Br)c1. The van der Waals surface area contributed by atoms with Gasteiger partial charge in [-0.15, -0.1) is 0 Å². The van der Waals surface area contributed by atoms with Crippen molar-refractivity contribution in [2.24, 2.45) is 0 Å². The third kappa shape index (κ3) is 3.81. The monoisotopic (exact) mass is 460 g/mol. The van der Waals surface area contributed by atoms with E-state index < -0.39 is 5.82 Å². The lowest BCUT2D eigenvalue weighted by molar-refractivity contribution is 0.625. The van der Waals surface area contributed by atoms with Crippen LogP contribution in [0, 0.1) is 17.1 Å². The second kappa shape index (κ2) is 6.70. The largest absolute Gasteiger partial charge is 0.379 e. The van der Waals surface area contributed by atoms with E-state index in [9.17, 15) is 4.39 Å². The number of hydrogen-bond donors (Lipinski definition) is 1. The van der Waals surface area contributed by atoms with Crippen LogP contribution in [-0.2, 0) is 6.54 Å². The van der Waals surface area contributed by atoms with Crippen LogP contribution in [0.3, 0.4) is 0 Å². The Balaban J connectivity index is 2.21. The lowest BCUT2D eigenvalue weighted by Crippen LogP contribution is -2.02. The van der Waals surface area contributed by atoms with Gasteiger partial charge in [0.2, 0.25) is 0 Å². The maximum absolute atomic E-state index is 13.3. The normalized spacial score (nSPS) is 10.2. The summed E-state index contributed by atoms with van der Waals surface area (Å²) in [7, 11) is 0. The number of anilines is 1. The summed E-state index contributed by atoms with van der Waals surface area (Å²) in [6, 6.07) is 10.1. The molecule has 20 heavy (non-hydrogen) atoms. The third-order valence-electron chi connectivity index (χ3n) is 2.56. The van der Waals surface area contributed by atoms with E-state index in [1.807, 2.05) is 18.2 Å². The van der Waals surface area contributed by atoms with Crippen molar-refractivity contribution in [3.8, 4) is 6.07 Å². The van der Waals surface area contributed by atoms with Crippen molar-refractivity contribution >= 4 is 53.5 Å². The van der Waals surface area contributed by atoms with Gasteiger partial charge in [-0.3, -0.25) is 0 Å². The maximum atomic E-state index is 13.3. The van der Waals surface area contributed by atoms with Crippen LogP contribution in [0.1, 0.15) is 11.1 Å². The molecule has 0 bridgehead atoms. The van der Waals surface area contributed by atoms with Gasteiger partial charge in [-0.1, -0.05) is 15.9 Å². The average Bonchev–Trinajstić information content (AvgIpc) is 2.36. The molecule has 0 aromatic heterocycles. The van der Waals surface area contributed by atoms with Crippen LogP contribution in [0.4, 0.5) is 10.1 Å². The molecule has 0 spiro atoms. The van der Waals surface area contributed by atoms with Gasteiger partial charge >= 0.3 is 0 Å². The summed E-state index contributed by atoms with van der Waals surface area (Å²) < 4.78 is 16.1. The lowest BCUT2D eigenvalue weighted by atomic mass is 10.1. The van der Waals surface area contributed by atoms with Gasteiger partial charge in [0.1, 0.15) is 5.82 Å². The summed E-state index contributed by atoms with van der Waals surface area (Å²) in [4.78, 5) is 0. The molecule has 0 radical (unpaired) electrons. The highest BCUT2D eigenvalue weighted by molar-refractivity contribution is 9.11. The fourth-order valence-corrected chi connectivity index (χ4v) is 4.26. The molecule has 0 aliphatic rings. The molecule has 1 N–H and O–H groups in total. The fraction of sp³-hybridized carbons (Fsp3) is 0.0714. The van der Waals surface area contributed by atoms with E-state index in [0.717, 1.165) is 19.1 Å².